The zero-order valence-electron chi connectivity index (χ0n) is 17.8. The van der Waals surface area contributed by atoms with Crippen molar-refractivity contribution >= 4 is 23.0 Å². The van der Waals surface area contributed by atoms with Gasteiger partial charge in [-0.25, -0.2) is 0 Å². The van der Waals surface area contributed by atoms with Crippen molar-refractivity contribution in [2.45, 2.75) is 37.8 Å². The first-order valence-electron chi connectivity index (χ1n) is 11.1. The number of nitrogens with one attached hydrogen (secondary N) is 2. The minimum Gasteiger partial charge on any atom is -0.493 e. The summed E-state index contributed by atoms with van der Waals surface area (Å²) in [5, 5.41) is 6.11. The summed E-state index contributed by atoms with van der Waals surface area (Å²) in [5.41, 5.74) is 3.96. The number of hydrogen-bond acceptors (Lipinski definition) is 4. The van der Waals surface area contributed by atoms with Gasteiger partial charge in [-0.1, -0.05) is 36.4 Å². The average molecular weight is 431 g/mol. The third-order valence-corrected chi connectivity index (χ3v) is 6.17. The summed E-state index contributed by atoms with van der Waals surface area (Å²) in [5.74, 6) is 1.47. The Balaban J connectivity index is 1.13. The number of hydrogen-bond donors (Lipinski definition) is 2. The molecule has 2 heterocycles. The third-order valence-electron chi connectivity index (χ3n) is 6.17. The van der Waals surface area contributed by atoms with Gasteiger partial charge in [-0.3, -0.25) is 9.59 Å². The number of fused-ring (bicyclic) bond motifs is 2. The summed E-state index contributed by atoms with van der Waals surface area (Å²) in [6.45, 7) is 1.17. The highest BCUT2D eigenvalue weighted by atomic mass is 16.5. The molecule has 2 aliphatic heterocycles. The zero-order chi connectivity index (χ0) is 21.9. The summed E-state index contributed by atoms with van der Waals surface area (Å²) < 4.78 is 11.3. The quantitative estimate of drug-likeness (QED) is 0.728. The van der Waals surface area contributed by atoms with Crippen LogP contribution in [0.1, 0.15) is 36.8 Å². The highest BCUT2D eigenvalue weighted by molar-refractivity contribution is 5.97. The molecule has 2 aromatic rings. The maximum atomic E-state index is 12.5. The number of carbonyl (C=O) groups excluding carboxylic acids is 2. The Morgan fingerprint density at radius 3 is 1.62 bits per heavy atom. The van der Waals surface area contributed by atoms with E-state index in [2.05, 4.69) is 10.6 Å². The van der Waals surface area contributed by atoms with E-state index in [1.807, 2.05) is 48.5 Å². The average Bonchev–Trinajstić information content (AvgIpc) is 2.78. The molecule has 0 atom stereocenters. The Kier molecular flexibility index (Phi) is 5.67. The van der Waals surface area contributed by atoms with Gasteiger partial charge >= 0.3 is 0 Å². The molecule has 6 heteroatoms. The van der Waals surface area contributed by atoms with Crippen LogP contribution in [0.3, 0.4) is 0 Å². The topological polar surface area (TPSA) is 76.7 Å². The van der Waals surface area contributed by atoms with Crippen LogP contribution in [0, 0.1) is 0 Å². The van der Waals surface area contributed by atoms with Crippen LogP contribution in [-0.2, 0) is 9.59 Å². The van der Waals surface area contributed by atoms with E-state index in [0.29, 0.717) is 13.2 Å². The lowest BCUT2D eigenvalue weighted by Crippen LogP contribution is -2.53. The van der Waals surface area contributed by atoms with Gasteiger partial charge in [0.1, 0.15) is 11.5 Å². The van der Waals surface area contributed by atoms with Crippen molar-refractivity contribution in [3.63, 3.8) is 0 Å². The number of carbonyl (C=O) groups is 2. The van der Waals surface area contributed by atoms with Gasteiger partial charge in [-0.2, -0.15) is 0 Å². The second kappa shape index (κ2) is 8.91. The van der Waals surface area contributed by atoms with Crippen LogP contribution in [0.4, 0.5) is 0 Å². The molecule has 2 N–H and O–H groups in total. The van der Waals surface area contributed by atoms with Crippen molar-refractivity contribution in [2.24, 2.45) is 0 Å². The van der Waals surface area contributed by atoms with Gasteiger partial charge in [0.25, 0.3) is 0 Å². The molecule has 6 nitrogen and oxygen atoms in total. The Labute approximate surface area is 187 Å². The van der Waals surface area contributed by atoms with E-state index in [0.717, 1.165) is 59.5 Å². The SMILES string of the molecule is O=C(/C=C1/CCOc2ccccc21)NC1CC(NC(=O)/C=C2/CCOc3ccccc32)C1. The third kappa shape index (κ3) is 4.40. The van der Waals surface area contributed by atoms with Gasteiger partial charge in [-0.05, 0) is 36.1 Å². The number of para-hydroxylation sites is 2. The van der Waals surface area contributed by atoms with Gasteiger partial charge < -0.3 is 20.1 Å². The minimum absolute atomic E-state index is 0.0798. The molecule has 1 saturated carbocycles. The lowest BCUT2D eigenvalue weighted by atomic mass is 9.86. The predicted octanol–water partition coefficient (Wildman–Crippen LogP) is 3.48. The fourth-order valence-electron chi connectivity index (χ4n) is 4.48. The molecule has 1 aliphatic carbocycles. The van der Waals surface area contributed by atoms with Crippen LogP contribution in [0.2, 0.25) is 0 Å². The Morgan fingerprint density at radius 2 is 1.16 bits per heavy atom. The fourth-order valence-corrected chi connectivity index (χ4v) is 4.48. The molecule has 0 bridgehead atoms. The number of benzene rings is 2. The maximum absolute atomic E-state index is 12.5. The van der Waals surface area contributed by atoms with Crippen molar-refractivity contribution in [3.8, 4) is 11.5 Å². The summed E-state index contributed by atoms with van der Waals surface area (Å²) in [6.07, 6.45) is 6.28. The molecule has 164 valence electrons. The molecule has 1 fully saturated rings. The first-order valence-corrected chi connectivity index (χ1v) is 11.1. The van der Waals surface area contributed by atoms with Crippen LogP contribution in [0.25, 0.3) is 11.1 Å². The molecule has 0 radical (unpaired) electrons. The molecule has 2 aromatic carbocycles. The summed E-state index contributed by atoms with van der Waals surface area (Å²) in [6, 6.07) is 15.7. The first-order chi connectivity index (χ1) is 15.7. The van der Waals surface area contributed by atoms with Gasteiger partial charge in [0.2, 0.25) is 11.8 Å². The Bertz CT molecular complexity index is 1010. The van der Waals surface area contributed by atoms with Crippen molar-refractivity contribution < 1.29 is 19.1 Å². The lowest BCUT2D eigenvalue weighted by Gasteiger charge is -2.36. The summed E-state index contributed by atoms with van der Waals surface area (Å²) in [7, 11) is 0. The van der Waals surface area contributed by atoms with Crippen LogP contribution >= 0.6 is 0 Å². The molecule has 0 aromatic heterocycles. The second-order valence-corrected chi connectivity index (χ2v) is 8.41. The van der Waals surface area contributed by atoms with Crippen LogP contribution in [0.5, 0.6) is 11.5 Å². The normalized spacial score (nSPS) is 23.8. The molecule has 0 unspecified atom stereocenters. The Hall–Kier alpha value is -3.54. The largest absolute Gasteiger partial charge is 0.493 e. The van der Waals surface area contributed by atoms with Crippen molar-refractivity contribution in [3.05, 3.63) is 71.8 Å². The molecular formula is C26H26N2O4. The predicted molar refractivity (Wildman–Crippen MR) is 122 cm³/mol. The zero-order valence-corrected chi connectivity index (χ0v) is 17.8. The smallest absolute Gasteiger partial charge is 0.244 e. The van der Waals surface area contributed by atoms with E-state index in [1.165, 1.54) is 0 Å². The highest BCUT2D eigenvalue weighted by Crippen LogP contribution is 2.33. The molecular weight excluding hydrogens is 404 g/mol. The van der Waals surface area contributed by atoms with E-state index < -0.39 is 0 Å². The van der Waals surface area contributed by atoms with Crippen molar-refractivity contribution in [1.82, 2.24) is 10.6 Å². The molecule has 5 rings (SSSR count). The van der Waals surface area contributed by atoms with E-state index >= 15 is 0 Å². The van der Waals surface area contributed by atoms with Crippen molar-refractivity contribution in [2.75, 3.05) is 13.2 Å². The fraction of sp³-hybridized carbons (Fsp3) is 0.308. The first kappa shape index (κ1) is 20.4. The van der Waals surface area contributed by atoms with Crippen LogP contribution < -0.4 is 20.1 Å². The molecule has 0 saturated heterocycles. The van der Waals surface area contributed by atoms with Gasteiger partial charge in [-0.15, -0.1) is 0 Å². The second-order valence-electron chi connectivity index (χ2n) is 8.41. The molecule has 0 spiro atoms. The number of amides is 2. The van der Waals surface area contributed by atoms with E-state index in [4.69, 9.17) is 9.47 Å². The standard InChI is InChI=1S/C26H26N2O4/c29-25(13-17-9-11-31-23-7-3-1-5-21(17)23)27-19-15-20(16-19)28-26(30)14-18-10-12-32-24-8-4-2-6-22(18)24/h1-8,13-14,19-20H,9-12,15-16H2,(H,27,29)(H,28,30)/b17-13-,18-14-. The number of ether oxygens (including phenoxy) is 2. The van der Waals surface area contributed by atoms with Crippen LogP contribution in [-0.4, -0.2) is 37.1 Å². The summed E-state index contributed by atoms with van der Waals surface area (Å²) >= 11 is 0. The van der Waals surface area contributed by atoms with Gasteiger partial charge in [0.15, 0.2) is 0 Å². The molecule has 32 heavy (non-hydrogen) atoms. The summed E-state index contributed by atoms with van der Waals surface area (Å²) in [4.78, 5) is 25.0. The lowest BCUT2D eigenvalue weighted by molar-refractivity contribution is -0.118. The van der Waals surface area contributed by atoms with Crippen LogP contribution in [0.15, 0.2) is 60.7 Å². The van der Waals surface area contributed by atoms with E-state index in [-0.39, 0.29) is 23.9 Å². The van der Waals surface area contributed by atoms with Gasteiger partial charge in [0.05, 0.1) is 13.2 Å². The highest BCUT2D eigenvalue weighted by Gasteiger charge is 2.31. The maximum Gasteiger partial charge on any atom is 0.244 e. The number of rotatable bonds is 4. The monoisotopic (exact) mass is 430 g/mol. The minimum atomic E-state index is -0.0904. The van der Waals surface area contributed by atoms with Crippen molar-refractivity contribution in [1.29, 1.82) is 0 Å². The Morgan fingerprint density at radius 1 is 0.719 bits per heavy atom. The molecule has 2 amide bonds. The molecule has 3 aliphatic rings. The van der Waals surface area contributed by atoms with E-state index in [1.54, 1.807) is 12.2 Å². The van der Waals surface area contributed by atoms with E-state index in [9.17, 15) is 9.59 Å². The van der Waals surface area contributed by atoms with Gasteiger partial charge in [0, 0.05) is 48.2 Å².